The van der Waals surface area contributed by atoms with Crippen LogP contribution >= 0.6 is 11.6 Å². The second kappa shape index (κ2) is 5.30. The van der Waals surface area contributed by atoms with Crippen molar-refractivity contribution in [3.05, 3.63) is 69.8 Å². The van der Waals surface area contributed by atoms with Crippen LogP contribution in [-0.2, 0) is 0 Å². The van der Waals surface area contributed by atoms with Crippen LogP contribution in [0.5, 0.6) is 0 Å². The van der Waals surface area contributed by atoms with Crippen molar-refractivity contribution in [3.8, 4) is 0 Å². The third-order valence-electron chi connectivity index (χ3n) is 3.09. The molecule has 0 aliphatic heterocycles. The van der Waals surface area contributed by atoms with E-state index in [1.807, 2.05) is 32.0 Å². The molecule has 19 heavy (non-hydrogen) atoms. The van der Waals surface area contributed by atoms with Crippen LogP contribution in [0.4, 0.5) is 8.78 Å². The zero-order valence-corrected chi connectivity index (χ0v) is 11.9. The molecule has 0 fully saturated rings. The fraction of sp³-hybridized carbons (Fsp3) is 0.250. The summed E-state index contributed by atoms with van der Waals surface area (Å²) in [5.74, 6) is -0.913. The van der Waals surface area contributed by atoms with Gasteiger partial charge in [-0.25, -0.2) is 8.78 Å². The van der Waals surface area contributed by atoms with Crippen molar-refractivity contribution in [2.45, 2.75) is 26.1 Å². The molecule has 2 aromatic rings. The van der Waals surface area contributed by atoms with E-state index in [0.29, 0.717) is 0 Å². The van der Waals surface area contributed by atoms with E-state index < -0.39 is 17.0 Å². The van der Waals surface area contributed by atoms with E-state index in [0.717, 1.165) is 16.7 Å². The first-order chi connectivity index (χ1) is 8.88. The van der Waals surface area contributed by atoms with Crippen LogP contribution < -0.4 is 0 Å². The summed E-state index contributed by atoms with van der Waals surface area (Å²) in [6.07, 6.45) is 0. The summed E-state index contributed by atoms with van der Waals surface area (Å²) in [6, 6.07) is 8.16. The van der Waals surface area contributed by atoms with Gasteiger partial charge in [0.05, 0.1) is 5.38 Å². The minimum Gasteiger partial charge on any atom is -0.207 e. The normalized spacial score (nSPS) is 12.5. The van der Waals surface area contributed by atoms with E-state index in [1.54, 1.807) is 0 Å². The van der Waals surface area contributed by atoms with Crippen LogP contribution in [0.3, 0.4) is 0 Å². The average molecular weight is 281 g/mol. The van der Waals surface area contributed by atoms with Gasteiger partial charge in [0, 0.05) is 5.56 Å². The van der Waals surface area contributed by atoms with Gasteiger partial charge in [0.15, 0.2) is 0 Å². The molecule has 0 radical (unpaired) electrons. The summed E-state index contributed by atoms with van der Waals surface area (Å²) < 4.78 is 27.5. The summed E-state index contributed by atoms with van der Waals surface area (Å²) in [5.41, 5.74) is 3.34. The minimum atomic E-state index is -0.686. The lowest BCUT2D eigenvalue weighted by atomic mass is 9.99. The summed E-state index contributed by atoms with van der Waals surface area (Å²) >= 11 is 6.30. The largest absolute Gasteiger partial charge is 0.207 e. The first-order valence-electron chi connectivity index (χ1n) is 6.06. The lowest BCUT2D eigenvalue weighted by molar-refractivity contribution is 0.580. The van der Waals surface area contributed by atoms with Gasteiger partial charge >= 0.3 is 0 Å². The first-order valence-corrected chi connectivity index (χ1v) is 6.50. The molecule has 0 nitrogen and oxygen atoms in total. The van der Waals surface area contributed by atoms with Gasteiger partial charge in [-0.1, -0.05) is 29.3 Å². The molecule has 0 amide bonds. The van der Waals surface area contributed by atoms with E-state index in [1.165, 1.54) is 19.1 Å². The molecule has 2 rings (SSSR count). The van der Waals surface area contributed by atoms with Crippen molar-refractivity contribution in [1.29, 1.82) is 0 Å². The summed E-state index contributed by atoms with van der Waals surface area (Å²) in [4.78, 5) is 0. The number of hydrogen-bond acceptors (Lipinski definition) is 0. The predicted octanol–water partition coefficient (Wildman–Crippen LogP) is 5.22. The van der Waals surface area contributed by atoms with Gasteiger partial charge in [0.1, 0.15) is 11.6 Å². The molecule has 0 aromatic heterocycles. The standard InChI is InChI=1S/C16H15ClF2/c1-9-4-10(2)6-12(5-9)16(17)13-8-14(18)11(3)7-15(13)19/h4-8,16H,1-3H3. The third kappa shape index (κ3) is 2.95. The summed E-state index contributed by atoms with van der Waals surface area (Å²) in [5, 5.41) is -0.686. The predicted molar refractivity (Wildman–Crippen MR) is 74.7 cm³/mol. The molecule has 0 bridgehead atoms. The maximum absolute atomic E-state index is 13.9. The lowest BCUT2D eigenvalue weighted by Gasteiger charge is -2.14. The zero-order valence-electron chi connectivity index (χ0n) is 11.1. The quantitative estimate of drug-likeness (QED) is 0.662. The molecule has 1 atom stereocenters. The van der Waals surface area contributed by atoms with Crippen LogP contribution in [-0.4, -0.2) is 0 Å². The number of aryl methyl sites for hydroxylation is 3. The molecule has 100 valence electrons. The highest BCUT2D eigenvalue weighted by Gasteiger charge is 2.18. The summed E-state index contributed by atoms with van der Waals surface area (Å²) in [7, 11) is 0. The topological polar surface area (TPSA) is 0 Å². The molecular formula is C16H15ClF2. The van der Waals surface area contributed by atoms with Crippen molar-refractivity contribution in [2.24, 2.45) is 0 Å². The second-order valence-corrected chi connectivity index (χ2v) is 5.34. The average Bonchev–Trinajstić information content (AvgIpc) is 2.31. The maximum Gasteiger partial charge on any atom is 0.128 e. The van der Waals surface area contributed by atoms with Crippen LogP contribution in [0.25, 0.3) is 0 Å². The Hall–Kier alpha value is -1.41. The van der Waals surface area contributed by atoms with Gasteiger partial charge in [-0.05, 0) is 44.0 Å². The molecule has 0 spiro atoms. The Morgan fingerprint density at radius 2 is 1.42 bits per heavy atom. The Morgan fingerprint density at radius 1 is 0.842 bits per heavy atom. The van der Waals surface area contributed by atoms with Gasteiger partial charge in [-0.2, -0.15) is 0 Å². The highest BCUT2D eigenvalue weighted by Crippen LogP contribution is 2.32. The van der Waals surface area contributed by atoms with E-state index in [2.05, 4.69) is 0 Å². The molecule has 0 aliphatic rings. The van der Waals surface area contributed by atoms with E-state index in [9.17, 15) is 8.78 Å². The second-order valence-electron chi connectivity index (χ2n) is 4.91. The molecule has 0 saturated carbocycles. The molecule has 0 saturated heterocycles. The Labute approximate surface area is 117 Å². The van der Waals surface area contributed by atoms with E-state index in [4.69, 9.17) is 11.6 Å². The molecule has 0 aliphatic carbocycles. The third-order valence-corrected chi connectivity index (χ3v) is 3.57. The fourth-order valence-electron chi connectivity index (χ4n) is 2.19. The van der Waals surface area contributed by atoms with Gasteiger partial charge in [-0.15, -0.1) is 11.6 Å². The van der Waals surface area contributed by atoms with Crippen molar-refractivity contribution < 1.29 is 8.78 Å². The highest BCUT2D eigenvalue weighted by molar-refractivity contribution is 6.22. The molecule has 1 unspecified atom stereocenters. The highest BCUT2D eigenvalue weighted by atomic mass is 35.5. The van der Waals surface area contributed by atoms with Gasteiger partial charge < -0.3 is 0 Å². The van der Waals surface area contributed by atoms with Crippen molar-refractivity contribution >= 4 is 11.6 Å². The van der Waals surface area contributed by atoms with E-state index >= 15 is 0 Å². The number of rotatable bonds is 2. The van der Waals surface area contributed by atoms with E-state index in [-0.39, 0.29) is 11.1 Å². The fourth-order valence-corrected chi connectivity index (χ4v) is 2.48. The molecule has 0 N–H and O–H groups in total. The number of benzene rings is 2. The Balaban J connectivity index is 2.49. The maximum atomic E-state index is 13.9. The zero-order chi connectivity index (χ0) is 14.2. The van der Waals surface area contributed by atoms with Crippen molar-refractivity contribution in [2.75, 3.05) is 0 Å². The van der Waals surface area contributed by atoms with Crippen LogP contribution in [0.1, 0.15) is 33.2 Å². The Morgan fingerprint density at radius 3 is 2.00 bits per heavy atom. The van der Waals surface area contributed by atoms with Gasteiger partial charge in [0.2, 0.25) is 0 Å². The SMILES string of the molecule is Cc1cc(C)cc(C(Cl)c2cc(F)c(C)cc2F)c1. The monoisotopic (exact) mass is 280 g/mol. The minimum absolute atomic E-state index is 0.176. The van der Waals surface area contributed by atoms with Crippen molar-refractivity contribution in [1.82, 2.24) is 0 Å². The summed E-state index contributed by atoms with van der Waals surface area (Å²) in [6.45, 7) is 5.43. The van der Waals surface area contributed by atoms with Crippen LogP contribution in [0, 0.1) is 32.4 Å². The molecular weight excluding hydrogens is 266 g/mol. The lowest BCUT2D eigenvalue weighted by Crippen LogP contribution is -2.00. The Kier molecular flexibility index (Phi) is 3.91. The Bertz CT molecular complexity index is 600. The number of hydrogen-bond donors (Lipinski definition) is 0. The van der Waals surface area contributed by atoms with Crippen LogP contribution in [0.2, 0.25) is 0 Å². The first kappa shape index (κ1) is 14.0. The smallest absolute Gasteiger partial charge is 0.128 e. The molecule has 3 heteroatoms. The molecule has 2 aromatic carbocycles. The molecule has 0 heterocycles. The number of halogens is 3. The van der Waals surface area contributed by atoms with Gasteiger partial charge in [-0.3, -0.25) is 0 Å². The van der Waals surface area contributed by atoms with Crippen LogP contribution in [0.15, 0.2) is 30.3 Å². The number of alkyl halides is 1. The van der Waals surface area contributed by atoms with Crippen molar-refractivity contribution in [3.63, 3.8) is 0 Å². The van der Waals surface area contributed by atoms with Gasteiger partial charge in [0.25, 0.3) is 0 Å².